The number of nitrogens with zero attached hydrogens (tertiary/aromatic N) is 2. The van der Waals surface area contributed by atoms with E-state index in [2.05, 4.69) is 0 Å². The average Bonchev–Trinajstić information content (AvgIpc) is 2.26. The van der Waals surface area contributed by atoms with Gasteiger partial charge in [-0.3, -0.25) is 20.2 Å². The zero-order chi connectivity index (χ0) is 17.0. The summed E-state index contributed by atoms with van der Waals surface area (Å²) in [6.07, 6.45) is 0. The molecular formula is C13H21N3O5. The lowest BCUT2D eigenvalue weighted by atomic mass is 9.84. The quantitative estimate of drug-likeness (QED) is 0.637. The molecule has 0 radical (unpaired) electrons. The average molecular weight is 299 g/mol. The Kier molecular flexibility index (Phi) is 6.24. The molecule has 0 saturated heterocycles. The van der Waals surface area contributed by atoms with Crippen molar-refractivity contribution in [2.75, 3.05) is 6.54 Å². The third-order valence-corrected chi connectivity index (χ3v) is 2.69. The van der Waals surface area contributed by atoms with Crippen molar-refractivity contribution in [3.05, 3.63) is 37.4 Å². The molecule has 0 aromatic heterocycles. The molecular weight excluding hydrogens is 278 g/mol. The summed E-state index contributed by atoms with van der Waals surface area (Å²) in [4.78, 5) is 20.3. The minimum atomic E-state index is -0.799. The highest BCUT2D eigenvalue weighted by Crippen LogP contribution is 2.43. The van der Waals surface area contributed by atoms with Crippen molar-refractivity contribution in [1.29, 1.82) is 0 Å². The number of rotatable bonds is 2. The van der Waals surface area contributed by atoms with Crippen LogP contribution in [0.15, 0.2) is 6.07 Å². The number of phenols is 1. The first-order valence-corrected chi connectivity index (χ1v) is 6.34. The lowest BCUT2D eigenvalue weighted by Crippen LogP contribution is -2.13. The fourth-order valence-corrected chi connectivity index (χ4v) is 1.72. The lowest BCUT2D eigenvalue weighted by Gasteiger charge is -2.20. The monoisotopic (exact) mass is 299 g/mol. The van der Waals surface area contributed by atoms with E-state index in [1.165, 1.54) is 13.0 Å². The van der Waals surface area contributed by atoms with E-state index in [4.69, 9.17) is 5.73 Å². The highest BCUT2D eigenvalue weighted by Gasteiger charge is 2.33. The van der Waals surface area contributed by atoms with Gasteiger partial charge in [-0.1, -0.05) is 27.7 Å². The Morgan fingerprint density at radius 2 is 1.67 bits per heavy atom. The van der Waals surface area contributed by atoms with Crippen molar-refractivity contribution in [2.45, 2.75) is 40.0 Å². The minimum Gasteiger partial charge on any atom is -0.502 e. The van der Waals surface area contributed by atoms with Crippen LogP contribution in [0.3, 0.4) is 0 Å². The van der Waals surface area contributed by atoms with Crippen molar-refractivity contribution >= 4 is 11.4 Å². The Hall–Kier alpha value is -2.22. The molecule has 0 aliphatic carbocycles. The first-order chi connectivity index (χ1) is 9.48. The van der Waals surface area contributed by atoms with Crippen LogP contribution in [0.25, 0.3) is 0 Å². The topological polar surface area (TPSA) is 133 Å². The molecule has 118 valence electrons. The minimum absolute atomic E-state index is 0.143. The summed E-state index contributed by atoms with van der Waals surface area (Å²) < 4.78 is 0. The molecule has 0 atom stereocenters. The molecule has 0 unspecified atom stereocenters. The zero-order valence-corrected chi connectivity index (χ0v) is 12.8. The molecule has 0 fully saturated rings. The van der Waals surface area contributed by atoms with E-state index >= 15 is 0 Å². The summed E-state index contributed by atoms with van der Waals surface area (Å²) >= 11 is 0. The van der Waals surface area contributed by atoms with Crippen LogP contribution in [0.4, 0.5) is 11.4 Å². The van der Waals surface area contributed by atoms with Gasteiger partial charge in [0.1, 0.15) is 5.56 Å². The maximum absolute atomic E-state index is 10.9. The second-order valence-electron chi connectivity index (χ2n) is 5.44. The number of hydrogen-bond acceptors (Lipinski definition) is 6. The number of phenolic OH excluding ortho intramolecular Hbond substituents is 1. The fraction of sp³-hybridized carbons (Fsp3) is 0.538. The van der Waals surface area contributed by atoms with Crippen molar-refractivity contribution in [3.8, 4) is 5.75 Å². The largest absolute Gasteiger partial charge is 0.502 e. The molecule has 0 spiro atoms. The van der Waals surface area contributed by atoms with E-state index < -0.39 is 26.7 Å². The Bertz CT molecular complexity index is 550. The Balaban J connectivity index is 0.00000122. The summed E-state index contributed by atoms with van der Waals surface area (Å²) in [5.74, 6) is -0.504. The van der Waals surface area contributed by atoms with Crippen LogP contribution in [0.2, 0.25) is 0 Å². The Labute approximate surface area is 122 Å². The Morgan fingerprint density at radius 1 is 1.24 bits per heavy atom. The van der Waals surface area contributed by atoms with Crippen LogP contribution in [-0.2, 0) is 5.41 Å². The number of aromatic hydroxyl groups is 1. The molecule has 21 heavy (non-hydrogen) atoms. The number of hydrogen-bond donors (Lipinski definition) is 2. The number of nitro benzene ring substituents is 2. The van der Waals surface area contributed by atoms with Gasteiger partial charge in [0, 0.05) is 11.6 Å². The van der Waals surface area contributed by atoms with Crippen LogP contribution in [0, 0.1) is 27.2 Å². The van der Waals surface area contributed by atoms with E-state index in [1.54, 1.807) is 20.8 Å². The zero-order valence-electron chi connectivity index (χ0n) is 12.8. The van der Waals surface area contributed by atoms with Crippen molar-refractivity contribution in [1.82, 2.24) is 0 Å². The molecule has 0 heterocycles. The summed E-state index contributed by atoms with van der Waals surface area (Å²) in [5, 5.41) is 31.7. The molecule has 0 aliphatic rings. The third kappa shape index (κ3) is 4.38. The lowest BCUT2D eigenvalue weighted by molar-refractivity contribution is -0.396. The standard InChI is InChI=1S/C11H14N2O5.C2H7N/c1-6-8(12(15)16)5-7(11(2,3)4)10(14)9(6)13(17)18;1-2-3/h5,14H,1-4H3;2-3H2,1H3. The van der Waals surface area contributed by atoms with Crippen molar-refractivity contribution in [3.63, 3.8) is 0 Å². The maximum atomic E-state index is 10.9. The molecule has 8 heteroatoms. The predicted octanol–water partition coefficient (Wildman–Crippen LogP) is 2.78. The molecule has 3 N–H and O–H groups in total. The van der Waals surface area contributed by atoms with Gasteiger partial charge in [-0.15, -0.1) is 0 Å². The highest BCUT2D eigenvalue weighted by molar-refractivity contribution is 5.65. The van der Waals surface area contributed by atoms with Crippen LogP contribution in [0.1, 0.15) is 38.8 Å². The summed E-state index contributed by atoms with van der Waals surface area (Å²) in [6, 6.07) is 1.19. The molecule has 1 rings (SSSR count). The van der Waals surface area contributed by atoms with Crippen LogP contribution in [0.5, 0.6) is 5.75 Å². The van der Waals surface area contributed by atoms with Gasteiger partial charge in [0.15, 0.2) is 5.75 Å². The predicted molar refractivity (Wildman–Crippen MR) is 79.6 cm³/mol. The van der Waals surface area contributed by atoms with Gasteiger partial charge in [0.25, 0.3) is 5.69 Å². The van der Waals surface area contributed by atoms with E-state index in [0.29, 0.717) is 0 Å². The molecule has 1 aromatic rings. The molecule has 0 amide bonds. The Morgan fingerprint density at radius 3 is 1.95 bits per heavy atom. The van der Waals surface area contributed by atoms with Gasteiger partial charge in [0.2, 0.25) is 0 Å². The van der Waals surface area contributed by atoms with Gasteiger partial charge in [-0.05, 0) is 18.9 Å². The SMILES string of the molecule is CCN.Cc1c([N+](=O)[O-])cc(C(C)(C)C)c(O)c1[N+](=O)[O-]. The first-order valence-electron chi connectivity index (χ1n) is 6.34. The third-order valence-electron chi connectivity index (χ3n) is 2.69. The number of nitro groups is 2. The number of benzene rings is 1. The van der Waals surface area contributed by atoms with E-state index in [0.717, 1.165) is 6.54 Å². The van der Waals surface area contributed by atoms with E-state index in [1.807, 2.05) is 6.92 Å². The van der Waals surface area contributed by atoms with Gasteiger partial charge in [-0.25, -0.2) is 0 Å². The molecule has 0 saturated carbocycles. The van der Waals surface area contributed by atoms with E-state index in [-0.39, 0.29) is 16.8 Å². The summed E-state index contributed by atoms with van der Waals surface area (Å²) in [7, 11) is 0. The maximum Gasteiger partial charge on any atom is 0.320 e. The van der Waals surface area contributed by atoms with Gasteiger partial charge in [-0.2, -0.15) is 0 Å². The second kappa shape index (κ2) is 6.98. The normalized spacial score (nSPS) is 10.6. The summed E-state index contributed by atoms with van der Waals surface area (Å²) in [5.41, 5.74) is 3.30. The molecule has 0 aliphatic heterocycles. The molecule has 8 nitrogen and oxygen atoms in total. The smallest absolute Gasteiger partial charge is 0.320 e. The second-order valence-corrected chi connectivity index (χ2v) is 5.44. The van der Waals surface area contributed by atoms with Gasteiger partial charge >= 0.3 is 5.69 Å². The van der Waals surface area contributed by atoms with Gasteiger partial charge in [0.05, 0.1) is 9.85 Å². The van der Waals surface area contributed by atoms with Crippen LogP contribution in [-0.4, -0.2) is 21.5 Å². The summed E-state index contributed by atoms with van der Waals surface area (Å²) in [6.45, 7) is 9.04. The molecule has 0 bridgehead atoms. The van der Waals surface area contributed by atoms with Crippen LogP contribution < -0.4 is 5.73 Å². The van der Waals surface area contributed by atoms with Gasteiger partial charge < -0.3 is 10.8 Å². The molecule has 1 aromatic carbocycles. The van der Waals surface area contributed by atoms with Crippen molar-refractivity contribution in [2.24, 2.45) is 5.73 Å². The van der Waals surface area contributed by atoms with Crippen LogP contribution >= 0.6 is 0 Å². The first kappa shape index (κ1) is 18.8. The fourth-order valence-electron chi connectivity index (χ4n) is 1.72. The van der Waals surface area contributed by atoms with E-state index in [9.17, 15) is 25.3 Å². The number of nitrogens with two attached hydrogens (primary N) is 1. The highest BCUT2D eigenvalue weighted by atomic mass is 16.6. The van der Waals surface area contributed by atoms with Crippen molar-refractivity contribution < 1.29 is 15.0 Å².